The standard InChI is InChI=1S/C38H29N/c1-25-19-22-37(32(23-25)26-11-3-2-4-12-26)39-27-20-21-31-30-15-7-10-18-35(30)38(36(31)24-27)33-16-8-5-13-28(33)29-14-6-9-17-34(29)38/h2-18,20-25,39H,19H2,1H3. The summed E-state index contributed by atoms with van der Waals surface area (Å²) in [5.74, 6) is 0.523. The molecule has 3 aliphatic rings. The highest BCUT2D eigenvalue weighted by molar-refractivity contribution is 5.96. The Labute approximate surface area is 230 Å². The molecule has 0 amide bonds. The fraction of sp³-hybridized carbons (Fsp3) is 0.105. The summed E-state index contributed by atoms with van der Waals surface area (Å²) in [5.41, 5.74) is 15.4. The molecule has 186 valence electrons. The monoisotopic (exact) mass is 499 g/mol. The second-order valence-corrected chi connectivity index (χ2v) is 11.0. The first-order valence-corrected chi connectivity index (χ1v) is 13.9. The topological polar surface area (TPSA) is 12.0 Å². The van der Waals surface area contributed by atoms with Crippen LogP contribution in [-0.2, 0) is 5.41 Å². The molecule has 1 N–H and O–H groups in total. The molecular weight excluding hydrogens is 470 g/mol. The van der Waals surface area contributed by atoms with Crippen LogP contribution in [0.3, 0.4) is 0 Å². The zero-order valence-electron chi connectivity index (χ0n) is 22.0. The van der Waals surface area contributed by atoms with E-state index in [1.807, 2.05) is 0 Å². The van der Waals surface area contributed by atoms with Crippen molar-refractivity contribution < 1.29 is 0 Å². The molecule has 0 bridgehead atoms. The van der Waals surface area contributed by atoms with Gasteiger partial charge in [0.05, 0.1) is 5.41 Å². The molecule has 5 aromatic carbocycles. The zero-order chi connectivity index (χ0) is 26.0. The summed E-state index contributed by atoms with van der Waals surface area (Å²) in [7, 11) is 0. The first kappa shape index (κ1) is 22.4. The Bertz CT molecular complexity index is 1760. The summed E-state index contributed by atoms with van der Waals surface area (Å²) in [6.45, 7) is 2.29. The van der Waals surface area contributed by atoms with E-state index in [4.69, 9.17) is 0 Å². The Morgan fingerprint density at radius 3 is 1.74 bits per heavy atom. The van der Waals surface area contributed by atoms with Gasteiger partial charge in [0, 0.05) is 17.0 Å². The van der Waals surface area contributed by atoms with Crippen LogP contribution < -0.4 is 5.32 Å². The van der Waals surface area contributed by atoms with Crippen molar-refractivity contribution in [1.82, 2.24) is 0 Å². The van der Waals surface area contributed by atoms with E-state index < -0.39 is 0 Å². The van der Waals surface area contributed by atoms with Crippen molar-refractivity contribution in [2.75, 3.05) is 5.32 Å². The molecule has 0 heterocycles. The van der Waals surface area contributed by atoms with Crippen molar-refractivity contribution in [3.63, 3.8) is 0 Å². The third-order valence-corrected chi connectivity index (χ3v) is 8.80. The summed E-state index contributed by atoms with van der Waals surface area (Å²) in [6, 6.07) is 44.7. The third kappa shape index (κ3) is 3.14. The number of rotatable bonds is 3. The summed E-state index contributed by atoms with van der Waals surface area (Å²) >= 11 is 0. The van der Waals surface area contributed by atoms with Crippen molar-refractivity contribution in [3.05, 3.63) is 167 Å². The lowest BCUT2D eigenvalue weighted by Gasteiger charge is -2.31. The molecule has 1 unspecified atom stereocenters. The molecule has 1 atom stereocenters. The fourth-order valence-electron chi connectivity index (χ4n) is 7.17. The number of hydrogen-bond acceptors (Lipinski definition) is 1. The van der Waals surface area contributed by atoms with Crippen molar-refractivity contribution in [1.29, 1.82) is 0 Å². The van der Waals surface area contributed by atoms with E-state index in [9.17, 15) is 0 Å². The molecule has 1 nitrogen and oxygen atoms in total. The minimum atomic E-state index is -0.315. The van der Waals surface area contributed by atoms with Crippen LogP contribution in [0.5, 0.6) is 0 Å². The van der Waals surface area contributed by atoms with Gasteiger partial charge in [0.2, 0.25) is 0 Å². The second kappa shape index (κ2) is 8.44. The molecule has 39 heavy (non-hydrogen) atoms. The smallest absolute Gasteiger partial charge is 0.0726 e. The highest BCUT2D eigenvalue weighted by atomic mass is 14.9. The molecule has 3 aliphatic carbocycles. The molecule has 0 aliphatic heterocycles. The van der Waals surface area contributed by atoms with Crippen LogP contribution in [0.4, 0.5) is 5.69 Å². The van der Waals surface area contributed by atoms with E-state index in [0.717, 1.165) is 12.1 Å². The molecule has 0 fully saturated rings. The summed E-state index contributed by atoms with van der Waals surface area (Å²) in [6.07, 6.45) is 5.82. The molecule has 0 radical (unpaired) electrons. The average Bonchev–Trinajstić information content (AvgIpc) is 3.46. The number of nitrogens with one attached hydrogen (secondary N) is 1. The normalized spacial score (nSPS) is 17.5. The predicted molar refractivity (Wildman–Crippen MR) is 163 cm³/mol. The van der Waals surface area contributed by atoms with Crippen molar-refractivity contribution in [3.8, 4) is 22.3 Å². The largest absolute Gasteiger partial charge is 0.355 e. The highest BCUT2D eigenvalue weighted by Crippen LogP contribution is 2.62. The number of allylic oxidation sites excluding steroid dienone is 3. The van der Waals surface area contributed by atoms with E-state index in [1.54, 1.807) is 0 Å². The van der Waals surface area contributed by atoms with Crippen LogP contribution in [0.15, 0.2) is 139 Å². The quantitative estimate of drug-likeness (QED) is 0.255. The Kier molecular flexibility index (Phi) is 4.84. The zero-order valence-corrected chi connectivity index (χ0v) is 22.0. The van der Waals surface area contributed by atoms with Crippen molar-refractivity contribution >= 4 is 11.3 Å². The van der Waals surface area contributed by atoms with E-state index >= 15 is 0 Å². The fourth-order valence-corrected chi connectivity index (χ4v) is 7.17. The molecule has 0 aromatic heterocycles. The SMILES string of the molecule is CC1C=C(c2ccccc2)C(Nc2ccc3c(c2)C2(c4ccccc4-c4ccccc42)c2ccccc2-3)=CC1. The minimum Gasteiger partial charge on any atom is -0.355 e. The van der Waals surface area contributed by atoms with Gasteiger partial charge in [-0.25, -0.2) is 0 Å². The van der Waals surface area contributed by atoms with Crippen LogP contribution >= 0.6 is 0 Å². The Morgan fingerprint density at radius 2 is 1.13 bits per heavy atom. The molecular formula is C38H29N. The van der Waals surface area contributed by atoms with Gasteiger partial charge in [-0.15, -0.1) is 0 Å². The van der Waals surface area contributed by atoms with Crippen LogP contribution in [0.25, 0.3) is 27.8 Å². The van der Waals surface area contributed by atoms with Crippen LogP contribution in [0.1, 0.15) is 41.2 Å². The minimum absolute atomic E-state index is 0.315. The van der Waals surface area contributed by atoms with Gasteiger partial charge in [-0.3, -0.25) is 0 Å². The third-order valence-electron chi connectivity index (χ3n) is 8.80. The number of hydrogen-bond donors (Lipinski definition) is 1. The number of anilines is 1. The Balaban J connectivity index is 1.32. The van der Waals surface area contributed by atoms with Crippen molar-refractivity contribution in [2.45, 2.75) is 18.8 Å². The van der Waals surface area contributed by atoms with Gasteiger partial charge < -0.3 is 5.32 Å². The van der Waals surface area contributed by atoms with Gasteiger partial charge >= 0.3 is 0 Å². The Hall–Kier alpha value is -4.62. The molecule has 8 rings (SSSR count). The van der Waals surface area contributed by atoms with Gasteiger partial charge in [-0.1, -0.05) is 128 Å². The van der Waals surface area contributed by atoms with Gasteiger partial charge in [-0.05, 0) is 74.5 Å². The van der Waals surface area contributed by atoms with E-state index in [2.05, 4.69) is 146 Å². The maximum absolute atomic E-state index is 3.85. The first-order chi connectivity index (χ1) is 19.2. The van der Waals surface area contributed by atoms with E-state index in [1.165, 1.54) is 61.3 Å². The molecule has 0 saturated heterocycles. The molecule has 0 saturated carbocycles. The number of fused-ring (bicyclic) bond motifs is 10. The highest BCUT2D eigenvalue weighted by Gasteiger charge is 2.51. The van der Waals surface area contributed by atoms with Crippen molar-refractivity contribution in [2.24, 2.45) is 5.92 Å². The van der Waals surface area contributed by atoms with Gasteiger partial charge in [-0.2, -0.15) is 0 Å². The van der Waals surface area contributed by atoms with Crippen LogP contribution in [0, 0.1) is 5.92 Å². The van der Waals surface area contributed by atoms with Gasteiger partial charge in [0.25, 0.3) is 0 Å². The van der Waals surface area contributed by atoms with E-state index in [0.29, 0.717) is 5.92 Å². The molecule has 5 aromatic rings. The predicted octanol–water partition coefficient (Wildman–Crippen LogP) is 9.45. The van der Waals surface area contributed by atoms with Gasteiger partial charge in [0.15, 0.2) is 0 Å². The Morgan fingerprint density at radius 1 is 0.590 bits per heavy atom. The van der Waals surface area contributed by atoms with Crippen LogP contribution in [-0.4, -0.2) is 0 Å². The van der Waals surface area contributed by atoms with Crippen LogP contribution in [0.2, 0.25) is 0 Å². The summed E-state index contributed by atoms with van der Waals surface area (Å²) in [5, 5.41) is 3.85. The van der Waals surface area contributed by atoms with Gasteiger partial charge in [0.1, 0.15) is 0 Å². The molecule has 1 heteroatoms. The summed E-state index contributed by atoms with van der Waals surface area (Å²) in [4.78, 5) is 0. The lowest BCUT2D eigenvalue weighted by atomic mass is 9.70. The first-order valence-electron chi connectivity index (χ1n) is 13.9. The maximum atomic E-state index is 3.85. The maximum Gasteiger partial charge on any atom is 0.0726 e. The second-order valence-electron chi connectivity index (χ2n) is 11.0. The van der Waals surface area contributed by atoms with E-state index in [-0.39, 0.29) is 5.41 Å². The molecule has 1 spiro atoms. The lowest BCUT2D eigenvalue weighted by molar-refractivity contribution is 0.735. The average molecular weight is 500 g/mol. The lowest BCUT2D eigenvalue weighted by Crippen LogP contribution is -2.26. The summed E-state index contributed by atoms with van der Waals surface area (Å²) < 4.78 is 0. The number of benzene rings is 5.